The first-order valence-electron chi connectivity index (χ1n) is 5.71. The minimum atomic E-state index is 0.663. The van der Waals surface area contributed by atoms with E-state index in [9.17, 15) is 0 Å². The highest BCUT2D eigenvalue weighted by atomic mass is 16.5. The zero-order valence-electron chi connectivity index (χ0n) is 9.94. The zero-order valence-corrected chi connectivity index (χ0v) is 9.94. The van der Waals surface area contributed by atoms with Gasteiger partial charge in [0.1, 0.15) is 5.82 Å². The molecule has 1 atom stereocenters. The number of nitrogens with zero attached hydrogens (tertiary/aromatic N) is 2. The molecule has 2 heterocycles. The van der Waals surface area contributed by atoms with Gasteiger partial charge in [-0.2, -0.15) is 0 Å². The summed E-state index contributed by atoms with van der Waals surface area (Å²) in [6.07, 6.45) is 3.07. The Morgan fingerprint density at radius 3 is 3.25 bits per heavy atom. The molecule has 4 heteroatoms. The van der Waals surface area contributed by atoms with Crippen molar-refractivity contribution in [3.8, 4) is 0 Å². The van der Waals surface area contributed by atoms with Crippen molar-refractivity contribution in [2.45, 2.75) is 6.42 Å². The smallest absolute Gasteiger partial charge is 0.127 e. The first kappa shape index (κ1) is 11.2. The molecule has 1 aromatic rings. The normalized spacial score (nSPS) is 20.1. The summed E-state index contributed by atoms with van der Waals surface area (Å²) in [6.45, 7) is 3.06. The minimum absolute atomic E-state index is 0.663. The summed E-state index contributed by atoms with van der Waals surface area (Å²) in [4.78, 5) is 6.62. The lowest BCUT2D eigenvalue weighted by molar-refractivity contribution is 0.161. The lowest BCUT2D eigenvalue weighted by atomic mass is 10.1. The van der Waals surface area contributed by atoms with E-state index in [0.717, 1.165) is 25.5 Å². The number of pyridine rings is 1. The maximum absolute atomic E-state index is 5.20. The summed E-state index contributed by atoms with van der Waals surface area (Å²) in [5, 5.41) is 3.06. The van der Waals surface area contributed by atoms with E-state index in [-0.39, 0.29) is 0 Å². The summed E-state index contributed by atoms with van der Waals surface area (Å²) in [7, 11) is 3.66. The number of anilines is 2. The molecule has 1 aromatic heterocycles. The molecular formula is C12H19N3O. The Hall–Kier alpha value is -1.29. The van der Waals surface area contributed by atoms with Crippen LogP contribution in [0.25, 0.3) is 0 Å². The van der Waals surface area contributed by atoms with Crippen molar-refractivity contribution in [1.82, 2.24) is 4.98 Å². The Labute approximate surface area is 96.6 Å². The number of ether oxygens (including phenoxy) is 1. The monoisotopic (exact) mass is 221 g/mol. The highest BCUT2D eigenvalue weighted by Crippen LogP contribution is 2.24. The van der Waals surface area contributed by atoms with Gasteiger partial charge in [-0.15, -0.1) is 0 Å². The van der Waals surface area contributed by atoms with Crippen molar-refractivity contribution < 1.29 is 4.74 Å². The molecule has 0 radical (unpaired) electrons. The van der Waals surface area contributed by atoms with E-state index >= 15 is 0 Å². The fourth-order valence-electron chi connectivity index (χ4n) is 2.19. The highest BCUT2D eigenvalue weighted by molar-refractivity contribution is 5.54. The van der Waals surface area contributed by atoms with Crippen LogP contribution in [0.3, 0.4) is 0 Å². The summed E-state index contributed by atoms with van der Waals surface area (Å²) in [5.74, 6) is 1.59. The number of nitrogens with one attached hydrogen (secondary N) is 1. The molecule has 0 amide bonds. The number of hydrogen-bond acceptors (Lipinski definition) is 4. The lowest BCUT2D eigenvalue weighted by Gasteiger charge is -2.19. The third-order valence-electron chi connectivity index (χ3n) is 3.05. The Morgan fingerprint density at radius 2 is 2.50 bits per heavy atom. The molecule has 4 nitrogen and oxygen atoms in total. The Bertz CT molecular complexity index is 343. The molecule has 1 unspecified atom stereocenters. The van der Waals surface area contributed by atoms with E-state index < -0.39 is 0 Å². The molecule has 0 aliphatic carbocycles. The maximum Gasteiger partial charge on any atom is 0.127 e. The predicted molar refractivity (Wildman–Crippen MR) is 66.0 cm³/mol. The SMILES string of the molecule is CNc1cc(N2CCC(COC)C2)ccn1. The van der Waals surface area contributed by atoms with Gasteiger partial charge in [0.05, 0.1) is 6.61 Å². The Morgan fingerprint density at radius 1 is 1.62 bits per heavy atom. The standard InChI is InChI=1S/C12H19N3O/c1-13-12-7-11(3-5-14-12)15-6-4-10(8-15)9-16-2/h3,5,7,10H,4,6,8-9H2,1-2H3,(H,13,14). The van der Waals surface area contributed by atoms with Crippen LogP contribution in [0.4, 0.5) is 11.5 Å². The fourth-order valence-corrected chi connectivity index (χ4v) is 2.19. The molecule has 0 bridgehead atoms. The van der Waals surface area contributed by atoms with Gasteiger partial charge in [0.15, 0.2) is 0 Å². The third-order valence-corrected chi connectivity index (χ3v) is 3.05. The van der Waals surface area contributed by atoms with Gasteiger partial charge in [-0.25, -0.2) is 4.98 Å². The quantitative estimate of drug-likeness (QED) is 0.838. The number of aromatic nitrogens is 1. The molecule has 88 valence electrons. The van der Waals surface area contributed by atoms with E-state index in [1.54, 1.807) is 7.11 Å². The summed E-state index contributed by atoms with van der Waals surface area (Å²) in [5.41, 5.74) is 1.25. The van der Waals surface area contributed by atoms with Gasteiger partial charge in [0.25, 0.3) is 0 Å². The van der Waals surface area contributed by atoms with Gasteiger partial charge in [0.2, 0.25) is 0 Å². The predicted octanol–water partition coefficient (Wildman–Crippen LogP) is 1.60. The topological polar surface area (TPSA) is 37.4 Å². The van der Waals surface area contributed by atoms with Crippen molar-refractivity contribution in [3.63, 3.8) is 0 Å². The highest BCUT2D eigenvalue weighted by Gasteiger charge is 2.22. The second-order valence-electron chi connectivity index (χ2n) is 4.21. The minimum Gasteiger partial charge on any atom is -0.384 e. The molecule has 0 aromatic carbocycles. The van der Waals surface area contributed by atoms with E-state index in [1.807, 2.05) is 13.2 Å². The largest absolute Gasteiger partial charge is 0.384 e. The first-order valence-corrected chi connectivity index (χ1v) is 5.71. The van der Waals surface area contributed by atoms with Gasteiger partial charge in [-0.3, -0.25) is 0 Å². The van der Waals surface area contributed by atoms with Crippen LogP contribution < -0.4 is 10.2 Å². The van der Waals surface area contributed by atoms with Crippen molar-refractivity contribution >= 4 is 11.5 Å². The number of methoxy groups -OCH3 is 1. The van der Waals surface area contributed by atoms with Crippen LogP contribution in [0.5, 0.6) is 0 Å². The molecular weight excluding hydrogens is 202 g/mol. The van der Waals surface area contributed by atoms with E-state index in [4.69, 9.17) is 4.74 Å². The summed E-state index contributed by atoms with van der Waals surface area (Å²) in [6, 6.07) is 4.16. The van der Waals surface area contributed by atoms with Crippen LogP contribution in [-0.2, 0) is 4.74 Å². The average molecular weight is 221 g/mol. The molecule has 1 aliphatic rings. The van der Waals surface area contributed by atoms with Crippen LogP contribution in [0, 0.1) is 5.92 Å². The van der Waals surface area contributed by atoms with Gasteiger partial charge >= 0.3 is 0 Å². The molecule has 1 N–H and O–H groups in total. The van der Waals surface area contributed by atoms with Crippen molar-refractivity contribution in [2.24, 2.45) is 5.92 Å². The molecule has 2 rings (SSSR count). The first-order chi connectivity index (χ1) is 7.83. The Kier molecular flexibility index (Phi) is 3.62. The summed E-state index contributed by atoms with van der Waals surface area (Å²) < 4.78 is 5.20. The van der Waals surface area contributed by atoms with Crippen LogP contribution in [0.2, 0.25) is 0 Å². The van der Waals surface area contributed by atoms with Crippen molar-refractivity contribution in [1.29, 1.82) is 0 Å². The second-order valence-corrected chi connectivity index (χ2v) is 4.21. The number of rotatable bonds is 4. The van der Waals surface area contributed by atoms with Gasteiger partial charge in [0, 0.05) is 51.1 Å². The van der Waals surface area contributed by atoms with E-state index in [2.05, 4.69) is 27.3 Å². The lowest BCUT2D eigenvalue weighted by Crippen LogP contribution is -2.21. The number of hydrogen-bond donors (Lipinski definition) is 1. The second kappa shape index (κ2) is 5.16. The fraction of sp³-hybridized carbons (Fsp3) is 0.583. The molecule has 0 saturated carbocycles. The van der Waals surface area contributed by atoms with Crippen molar-refractivity contribution in [2.75, 3.05) is 44.1 Å². The van der Waals surface area contributed by atoms with Gasteiger partial charge < -0.3 is 15.0 Å². The molecule has 16 heavy (non-hydrogen) atoms. The zero-order chi connectivity index (χ0) is 11.4. The van der Waals surface area contributed by atoms with Gasteiger partial charge in [-0.05, 0) is 12.5 Å². The van der Waals surface area contributed by atoms with Crippen LogP contribution in [-0.4, -0.2) is 38.8 Å². The van der Waals surface area contributed by atoms with Gasteiger partial charge in [-0.1, -0.05) is 0 Å². The van der Waals surface area contributed by atoms with Crippen LogP contribution in [0.15, 0.2) is 18.3 Å². The van der Waals surface area contributed by atoms with E-state index in [1.165, 1.54) is 12.1 Å². The third kappa shape index (κ3) is 2.44. The van der Waals surface area contributed by atoms with E-state index in [0.29, 0.717) is 5.92 Å². The Balaban J connectivity index is 2.02. The van der Waals surface area contributed by atoms with Crippen LogP contribution >= 0.6 is 0 Å². The molecule has 1 saturated heterocycles. The molecule has 1 fully saturated rings. The molecule has 1 aliphatic heterocycles. The summed E-state index contributed by atoms with van der Waals surface area (Å²) >= 11 is 0. The average Bonchev–Trinajstić information content (AvgIpc) is 2.78. The van der Waals surface area contributed by atoms with Crippen LogP contribution in [0.1, 0.15) is 6.42 Å². The van der Waals surface area contributed by atoms with Crippen molar-refractivity contribution in [3.05, 3.63) is 18.3 Å². The molecule has 0 spiro atoms. The maximum atomic E-state index is 5.20.